The number of rotatable bonds is 36. The third-order valence-corrected chi connectivity index (χ3v) is 14.2. The lowest BCUT2D eigenvalue weighted by Gasteiger charge is -2.47. The molecule has 2 rings (SSSR count). The Morgan fingerprint density at radius 2 is 0.725 bits per heavy atom. The molecular weight excluding hydrogens is 697 g/mol. The van der Waals surface area contributed by atoms with Gasteiger partial charge in [-0.05, 0) is 12.8 Å². The predicted octanol–water partition coefficient (Wildman–Crippen LogP) is 14.8. The van der Waals surface area contributed by atoms with Crippen LogP contribution in [0.5, 0.6) is 0 Å². The van der Waals surface area contributed by atoms with Crippen molar-refractivity contribution in [1.82, 2.24) is 0 Å². The molecule has 2 N–H and O–H groups in total. The van der Waals surface area contributed by atoms with Crippen LogP contribution < -0.4 is 0 Å². The first-order chi connectivity index (χ1) is 25.1. The van der Waals surface area contributed by atoms with Crippen LogP contribution in [0.25, 0.3) is 0 Å². The van der Waals surface area contributed by atoms with Gasteiger partial charge in [0, 0.05) is 12.3 Å². The van der Waals surface area contributed by atoms with Crippen LogP contribution in [0.2, 0.25) is 0 Å². The highest BCUT2D eigenvalue weighted by Gasteiger charge is 2.51. The Balaban J connectivity index is 1.44. The largest absolute Gasteiger partial charge is 0.333 e. The van der Waals surface area contributed by atoms with Crippen LogP contribution in [0.4, 0.5) is 0 Å². The van der Waals surface area contributed by atoms with Crippen LogP contribution >= 0.6 is 25.4 Å². The van der Waals surface area contributed by atoms with Gasteiger partial charge in [0.2, 0.25) is 0 Å². The van der Waals surface area contributed by atoms with E-state index in [1.165, 1.54) is 193 Å². The summed E-state index contributed by atoms with van der Waals surface area (Å²) in [6.07, 6.45) is 44.5. The average Bonchev–Trinajstić information content (AvgIpc) is 3.13. The predicted molar refractivity (Wildman–Crippen MR) is 220 cm³/mol. The zero-order valence-electron chi connectivity index (χ0n) is 33.5. The molecule has 2 aliphatic heterocycles. The maximum atomic E-state index is 9.70. The third kappa shape index (κ3) is 25.7. The third-order valence-electron chi connectivity index (χ3n) is 10.8. The Labute approximate surface area is 320 Å². The molecule has 2 saturated heterocycles. The van der Waals surface area contributed by atoms with Crippen LogP contribution in [0.1, 0.15) is 219 Å². The molecule has 0 saturated carbocycles. The molecule has 0 radical (unpaired) electrons. The number of hydrogen-bond donors (Lipinski definition) is 2. The van der Waals surface area contributed by atoms with Crippen LogP contribution in [-0.2, 0) is 22.6 Å². The summed E-state index contributed by atoms with van der Waals surface area (Å²) in [6.45, 7) is 5.80. The first kappa shape index (κ1) is 48.2. The summed E-state index contributed by atoms with van der Waals surface area (Å²) in [4.78, 5) is 19.4. The Kier molecular flexibility index (Phi) is 32.4. The summed E-state index contributed by atoms with van der Waals surface area (Å²) < 4.78 is 30.3. The molecule has 7 nitrogen and oxygen atoms in total. The zero-order chi connectivity index (χ0) is 36.5. The highest BCUT2D eigenvalue weighted by molar-refractivity contribution is 7.47. The molecule has 1 spiro atoms. The summed E-state index contributed by atoms with van der Waals surface area (Å²) in [6, 6.07) is 0. The lowest BCUT2D eigenvalue weighted by atomic mass is 9.90. The van der Waals surface area contributed by atoms with E-state index < -0.39 is 37.1 Å². The quantitative estimate of drug-likeness (QED) is 0.0483. The van der Waals surface area contributed by atoms with E-state index in [1.807, 2.05) is 0 Å². The lowest BCUT2D eigenvalue weighted by molar-refractivity contribution is -0.178. The minimum absolute atomic E-state index is 0.410. The first-order valence-corrected chi connectivity index (χ1v) is 25.9. The highest BCUT2D eigenvalue weighted by Crippen LogP contribution is 2.57. The fraction of sp³-hybridized carbons (Fsp3) is 1.00. The van der Waals surface area contributed by atoms with E-state index in [9.17, 15) is 9.79 Å². The van der Waals surface area contributed by atoms with E-state index in [4.69, 9.17) is 22.6 Å². The molecule has 2 unspecified atom stereocenters. The van der Waals surface area contributed by atoms with Gasteiger partial charge >= 0.3 is 8.60 Å². The van der Waals surface area contributed by atoms with E-state index in [0.717, 1.165) is 25.2 Å². The monoisotopic (exact) mass is 781 g/mol. The van der Waals surface area contributed by atoms with Crippen molar-refractivity contribution in [2.75, 3.05) is 32.1 Å². The van der Waals surface area contributed by atoms with Crippen molar-refractivity contribution in [3.8, 4) is 0 Å². The summed E-state index contributed by atoms with van der Waals surface area (Å²) in [5.41, 5.74) is -0.646. The molecule has 2 aliphatic rings. The van der Waals surface area contributed by atoms with Crippen molar-refractivity contribution in [3.05, 3.63) is 0 Å². The summed E-state index contributed by atoms with van der Waals surface area (Å²) in [7, 11) is -4.58. The molecule has 0 aromatic rings. The van der Waals surface area contributed by atoms with E-state index >= 15 is 0 Å². The van der Waals surface area contributed by atoms with Crippen molar-refractivity contribution >= 4 is 25.4 Å². The Hall–Kier alpha value is 1.01. The molecule has 0 bridgehead atoms. The molecule has 2 atom stereocenters. The fourth-order valence-corrected chi connectivity index (χ4v) is 11.0. The van der Waals surface area contributed by atoms with Crippen LogP contribution in [0.3, 0.4) is 0 Å². The molecule has 51 heavy (non-hydrogen) atoms. The van der Waals surface area contributed by atoms with Gasteiger partial charge in [0.25, 0.3) is 0 Å². The van der Waals surface area contributed by atoms with Crippen molar-refractivity contribution in [2.45, 2.75) is 226 Å². The molecule has 10 heteroatoms. The van der Waals surface area contributed by atoms with Gasteiger partial charge in [0.15, 0.2) is 23.0 Å². The Bertz CT molecular complexity index is 734. The van der Waals surface area contributed by atoms with Gasteiger partial charge in [0.1, 0.15) is 0 Å². The molecular formula is C41H83O7P3. The molecule has 0 aliphatic carbocycles. The second kappa shape index (κ2) is 34.3. The van der Waals surface area contributed by atoms with Gasteiger partial charge < -0.3 is 27.9 Å². The first-order valence-electron chi connectivity index (χ1n) is 22.0. The Morgan fingerprint density at radius 1 is 0.451 bits per heavy atom. The zero-order valence-corrected chi connectivity index (χ0v) is 36.2. The molecule has 2 heterocycles. The van der Waals surface area contributed by atoms with Gasteiger partial charge in [-0.3, -0.25) is 4.52 Å². The fourth-order valence-electron chi connectivity index (χ4n) is 7.26. The van der Waals surface area contributed by atoms with Crippen molar-refractivity contribution < 1.29 is 32.4 Å². The standard InChI is InChI=1S/C41H83O7P3/c1-3-5-7-9-11-13-15-17-19-21-23-25-27-29-31-33-35-49-44-37-41(38-45-49)39-46-50(47-40(41)48-51(42)43)36-34-32-30-28-26-24-22-20-18-16-14-12-10-8-6-4-2/h40,42-43H,3-39H2,1-2H3. The maximum Gasteiger partial charge on any atom is 0.329 e. The summed E-state index contributed by atoms with van der Waals surface area (Å²) >= 11 is 0. The number of unbranched alkanes of at least 4 members (excludes halogenated alkanes) is 30. The van der Waals surface area contributed by atoms with Gasteiger partial charge in [-0.15, -0.1) is 0 Å². The summed E-state index contributed by atoms with van der Waals surface area (Å²) in [5.74, 6) is 0. The van der Waals surface area contributed by atoms with Gasteiger partial charge in [-0.2, -0.15) is 0 Å². The molecule has 2 fully saturated rings. The van der Waals surface area contributed by atoms with Crippen molar-refractivity contribution in [1.29, 1.82) is 0 Å². The lowest BCUT2D eigenvalue weighted by Crippen LogP contribution is -2.52. The van der Waals surface area contributed by atoms with E-state index in [2.05, 4.69) is 13.8 Å². The summed E-state index contributed by atoms with van der Waals surface area (Å²) in [5, 5.41) is 0. The maximum absolute atomic E-state index is 9.70. The van der Waals surface area contributed by atoms with Crippen LogP contribution in [-0.4, -0.2) is 48.2 Å². The van der Waals surface area contributed by atoms with E-state index in [-0.39, 0.29) is 0 Å². The van der Waals surface area contributed by atoms with Gasteiger partial charge in [0.05, 0.1) is 25.2 Å². The molecule has 0 aromatic carbocycles. The average molecular weight is 781 g/mol. The van der Waals surface area contributed by atoms with E-state index in [0.29, 0.717) is 19.8 Å². The van der Waals surface area contributed by atoms with Crippen LogP contribution in [0, 0.1) is 5.41 Å². The smallest absolute Gasteiger partial charge is 0.329 e. The molecule has 0 amide bonds. The Morgan fingerprint density at radius 3 is 1.04 bits per heavy atom. The number of hydrogen-bond acceptors (Lipinski definition) is 7. The minimum Gasteiger partial charge on any atom is -0.333 e. The van der Waals surface area contributed by atoms with E-state index in [1.54, 1.807) is 0 Å². The highest BCUT2D eigenvalue weighted by atomic mass is 31.2. The van der Waals surface area contributed by atoms with Crippen molar-refractivity contribution in [2.24, 2.45) is 5.41 Å². The topological polar surface area (TPSA) is 86.6 Å². The van der Waals surface area contributed by atoms with Gasteiger partial charge in [-0.1, -0.05) is 206 Å². The second-order valence-corrected chi connectivity index (χ2v) is 19.6. The molecule has 0 aromatic heterocycles. The van der Waals surface area contributed by atoms with Gasteiger partial charge in [-0.25, -0.2) is 0 Å². The van der Waals surface area contributed by atoms with Crippen molar-refractivity contribution in [3.63, 3.8) is 0 Å². The normalized spacial score (nSPS) is 22.4. The molecule has 304 valence electrons. The second-order valence-electron chi connectivity index (χ2n) is 15.7. The minimum atomic E-state index is -2.54. The SMILES string of the molecule is CCCCCCCCCCCCCCCCCCP1OCC2(CO1)COP(CCCCCCCCCCCCCCCCCC)OC2OP(O)O. The van der Waals surface area contributed by atoms with Crippen LogP contribution in [0.15, 0.2) is 0 Å².